The van der Waals surface area contributed by atoms with E-state index in [4.69, 9.17) is 11.6 Å². The second kappa shape index (κ2) is 8.91. The summed E-state index contributed by atoms with van der Waals surface area (Å²) in [5.41, 5.74) is 2.24. The Bertz CT molecular complexity index is 799. The Balaban J connectivity index is 1.49. The summed E-state index contributed by atoms with van der Waals surface area (Å²) in [6.45, 7) is 4.32. The molecule has 0 atom stereocenters. The van der Waals surface area contributed by atoms with Gasteiger partial charge in [-0.1, -0.05) is 30.7 Å². The molecule has 2 amide bonds. The van der Waals surface area contributed by atoms with Crippen molar-refractivity contribution in [3.05, 3.63) is 59.1 Å². The van der Waals surface area contributed by atoms with Gasteiger partial charge in [0.2, 0.25) is 5.91 Å². The van der Waals surface area contributed by atoms with E-state index in [0.717, 1.165) is 19.0 Å². The van der Waals surface area contributed by atoms with Gasteiger partial charge in [0.1, 0.15) is 0 Å². The molecule has 1 heterocycles. The summed E-state index contributed by atoms with van der Waals surface area (Å²) in [6.07, 6.45) is 2.42. The number of piperidine rings is 1. The molecule has 1 fully saturated rings. The van der Waals surface area contributed by atoms with Crippen molar-refractivity contribution in [1.82, 2.24) is 5.32 Å². The fourth-order valence-electron chi connectivity index (χ4n) is 3.13. The average molecular weight is 386 g/mol. The molecule has 27 heavy (non-hydrogen) atoms. The predicted molar refractivity (Wildman–Crippen MR) is 109 cm³/mol. The fraction of sp³-hybridized carbons (Fsp3) is 0.333. The molecule has 1 aliphatic rings. The number of amides is 2. The Labute approximate surface area is 164 Å². The van der Waals surface area contributed by atoms with Crippen LogP contribution in [0.1, 0.15) is 30.1 Å². The topological polar surface area (TPSA) is 61.4 Å². The fourth-order valence-corrected chi connectivity index (χ4v) is 3.35. The third-order valence-corrected chi connectivity index (χ3v) is 5.16. The van der Waals surface area contributed by atoms with Gasteiger partial charge in [0.15, 0.2) is 0 Å². The van der Waals surface area contributed by atoms with Gasteiger partial charge in [-0.05, 0) is 55.2 Å². The Kier molecular flexibility index (Phi) is 6.35. The maximum absolute atomic E-state index is 12.1. The third kappa shape index (κ3) is 5.23. The highest BCUT2D eigenvalue weighted by Crippen LogP contribution is 2.24. The number of rotatable bonds is 5. The number of hydrogen-bond donors (Lipinski definition) is 2. The van der Waals surface area contributed by atoms with Crippen LogP contribution in [-0.4, -0.2) is 31.4 Å². The minimum absolute atomic E-state index is 0.115. The predicted octanol–water partition coefficient (Wildman–Crippen LogP) is 3.94. The van der Waals surface area contributed by atoms with Crippen LogP contribution in [0.15, 0.2) is 48.5 Å². The van der Waals surface area contributed by atoms with Gasteiger partial charge in [-0.2, -0.15) is 0 Å². The van der Waals surface area contributed by atoms with Crippen LogP contribution in [-0.2, 0) is 4.79 Å². The average Bonchev–Trinajstić information content (AvgIpc) is 2.68. The van der Waals surface area contributed by atoms with Gasteiger partial charge in [-0.15, -0.1) is 0 Å². The first-order valence-corrected chi connectivity index (χ1v) is 9.58. The maximum Gasteiger partial charge on any atom is 0.253 e. The van der Waals surface area contributed by atoms with Crippen LogP contribution >= 0.6 is 11.6 Å². The van der Waals surface area contributed by atoms with E-state index in [1.54, 1.807) is 24.3 Å². The Hall–Kier alpha value is -2.53. The van der Waals surface area contributed by atoms with E-state index in [2.05, 4.69) is 22.5 Å². The van der Waals surface area contributed by atoms with E-state index in [0.29, 0.717) is 16.3 Å². The van der Waals surface area contributed by atoms with E-state index >= 15 is 0 Å². The molecule has 5 nitrogen and oxygen atoms in total. The molecule has 0 spiro atoms. The number of hydrogen-bond acceptors (Lipinski definition) is 3. The summed E-state index contributed by atoms with van der Waals surface area (Å²) in [5, 5.41) is 5.74. The molecule has 1 aliphatic heterocycles. The van der Waals surface area contributed by atoms with Crippen molar-refractivity contribution in [2.75, 3.05) is 29.9 Å². The first-order chi connectivity index (χ1) is 13.0. The molecule has 3 rings (SSSR count). The van der Waals surface area contributed by atoms with E-state index < -0.39 is 0 Å². The minimum atomic E-state index is -0.370. The quantitative estimate of drug-likeness (QED) is 0.819. The highest BCUT2D eigenvalue weighted by Gasteiger charge is 2.16. The van der Waals surface area contributed by atoms with Crippen molar-refractivity contribution >= 4 is 34.8 Å². The third-order valence-electron chi connectivity index (χ3n) is 4.83. The lowest BCUT2D eigenvalue weighted by Crippen LogP contribution is -2.33. The van der Waals surface area contributed by atoms with Crippen LogP contribution in [0.3, 0.4) is 0 Å². The summed E-state index contributed by atoms with van der Waals surface area (Å²) in [5.74, 6) is 0.140. The smallest absolute Gasteiger partial charge is 0.253 e. The maximum atomic E-state index is 12.1. The molecular weight excluding hydrogens is 362 g/mol. The van der Waals surface area contributed by atoms with Crippen LogP contribution in [0, 0.1) is 5.92 Å². The zero-order chi connectivity index (χ0) is 19.2. The summed E-state index contributed by atoms with van der Waals surface area (Å²) in [7, 11) is 0. The van der Waals surface area contributed by atoms with Gasteiger partial charge in [0.05, 0.1) is 17.1 Å². The molecule has 2 N–H and O–H groups in total. The second-order valence-corrected chi connectivity index (χ2v) is 7.33. The lowest BCUT2D eigenvalue weighted by atomic mass is 9.99. The molecule has 0 aromatic heterocycles. The molecular formula is C21H24ClN3O2. The first kappa shape index (κ1) is 19.2. The molecule has 0 aliphatic carbocycles. The molecule has 0 bridgehead atoms. The van der Waals surface area contributed by atoms with Gasteiger partial charge in [-0.25, -0.2) is 0 Å². The SMILES string of the molecule is CC1CCN(c2ccc(NC(=O)CNC(=O)c3ccccc3Cl)cc2)CC1. The van der Waals surface area contributed by atoms with Crippen molar-refractivity contribution < 1.29 is 9.59 Å². The number of nitrogens with zero attached hydrogens (tertiary/aromatic N) is 1. The van der Waals surface area contributed by atoms with Gasteiger partial charge < -0.3 is 15.5 Å². The lowest BCUT2D eigenvalue weighted by molar-refractivity contribution is -0.115. The molecule has 0 radical (unpaired) electrons. The van der Waals surface area contributed by atoms with E-state index in [1.807, 2.05) is 24.3 Å². The van der Waals surface area contributed by atoms with Gasteiger partial charge >= 0.3 is 0 Å². The van der Waals surface area contributed by atoms with Gasteiger partial charge in [0, 0.05) is 24.5 Å². The summed E-state index contributed by atoms with van der Waals surface area (Å²) in [4.78, 5) is 26.5. The van der Waals surface area contributed by atoms with Gasteiger partial charge in [0.25, 0.3) is 5.91 Å². The van der Waals surface area contributed by atoms with E-state index in [-0.39, 0.29) is 18.4 Å². The highest BCUT2D eigenvalue weighted by atomic mass is 35.5. The van der Waals surface area contributed by atoms with Crippen LogP contribution in [0.25, 0.3) is 0 Å². The van der Waals surface area contributed by atoms with E-state index in [1.165, 1.54) is 18.5 Å². The summed E-state index contributed by atoms with van der Waals surface area (Å²) < 4.78 is 0. The van der Waals surface area contributed by atoms with Crippen molar-refractivity contribution in [2.45, 2.75) is 19.8 Å². The monoisotopic (exact) mass is 385 g/mol. The number of anilines is 2. The zero-order valence-electron chi connectivity index (χ0n) is 15.4. The second-order valence-electron chi connectivity index (χ2n) is 6.93. The normalized spacial score (nSPS) is 14.7. The van der Waals surface area contributed by atoms with Crippen molar-refractivity contribution in [3.63, 3.8) is 0 Å². The zero-order valence-corrected chi connectivity index (χ0v) is 16.1. The Morgan fingerprint density at radius 3 is 2.41 bits per heavy atom. The number of carbonyl (C=O) groups is 2. The van der Waals surface area contributed by atoms with Crippen LogP contribution in [0.2, 0.25) is 5.02 Å². The summed E-state index contributed by atoms with van der Waals surface area (Å²) in [6, 6.07) is 14.6. The highest BCUT2D eigenvalue weighted by molar-refractivity contribution is 6.33. The number of benzene rings is 2. The van der Waals surface area contributed by atoms with Gasteiger partial charge in [-0.3, -0.25) is 9.59 Å². The standard InChI is InChI=1S/C21H24ClN3O2/c1-15-10-12-25(13-11-15)17-8-6-16(7-9-17)24-20(26)14-23-21(27)18-4-2-3-5-19(18)22/h2-9,15H,10-14H2,1H3,(H,23,27)(H,24,26). The molecule has 2 aromatic carbocycles. The lowest BCUT2D eigenvalue weighted by Gasteiger charge is -2.32. The first-order valence-electron chi connectivity index (χ1n) is 9.20. The molecule has 2 aromatic rings. The molecule has 6 heteroatoms. The van der Waals surface area contributed by atoms with Crippen LogP contribution < -0.4 is 15.5 Å². The molecule has 0 saturated carbocycles. The molecule has 0 unspecified atom stereocenters. The number of nitrogens with one attached hydrogen (secondary N) is 2. The van der Waals surface area contributed by atoms with Crippen LogP contribution in [0.5, 0.6) is 0 Å². The minimum Gasteiger partial charge on any atom is -0.372 e. The molecule has 1 saturated heterocycles. The Morgan fingerprint density at radius 2 is 1.74 bits per heavy atom. The largest absolute Gasteiger partial charge is 0.372 e. The van der Waals surface area contributed by atoms with Crippen molar-refractivity contribution in [1.29, 1.82) is 0 Å². The number of halogens is 1. The number of carbonyl (C=O) groups excluding carboxylic acids is 2. The Morgan fingerprint density at radius 1 is 1.07 bits per heavy atom. The molecule has 142 valence electrons. The van der Waals surface area contributed by atoms with Crippen molar-refractivity contribution in [3.8, 4) is 0 Å². The van der Waals surface area contributed by atoms with E-state index in [9.17, 15) is 9.59 Å². The van der Waals surface area contributed by atoms with Crippen LogP contribution in [0.4, 0.5) is 11.4 Å². The van der Waals surface area contributed by atoms with Crippen molar-refractivity contribution in [2.24, 2.45) is 5.92 Å². The summed E-state index contributed by atoms with van der Waals surface area (Å²) >= 11 is 5.99.